The van der Waals surface area contributed by atoms with Gasteiger partial charge in [-0.05, 0) is 35.9 Å². The monoisotopic (exact) mass is 459 g/mol. The number of esters is 1. The highest BCUT2D eigenvalue weighted by atomic mass is 19.4. The summed E-state index contributed by atoms with van der Waals surface area (Å²) >= 11 is 0. The Balaban J connectivity index is 1.86. The zero-order valence-electron chi connectivity index (χ0n) is 17.4. The Morgan fingerprint density at radius 1 is 1.21 bits per heavy atom. The molecule has 0 radical (unpaired) electrons. The van der Waals surface area contributed by atoms with Crippen molar-refractivity contribution in [3.63, 3.8) is 0 Å². The van der Waals surface area contributed by atoms with Gasteiger partial charge in [-0.25, -0.2) is 9.78 Å². The van der Waals surface area contributed by atoms with Gasteiger partial charge in [0.2, 0.25) is 0 Å². The number of pyridine rings is 1. The van der Waals surface area contributed by atoms with Crippen LogP contribution in [-0.2, 0) is 27.0 Å². The molecule has 3 aromatic rings. The summed E-state index contributed by atoms with van der Waals surface area (Å²) in [6.07, 6.45) is 0.0624. The maximum absolute atomic E-state index is 13.1. The van der Waals surface area contributed by atoms with Gasteiger partial charge in [0.25, 0.3) is 0 Å². The van der Waals surface area contributed by atoms with Gasteiger partial charge >= 0.3 is 12.1 Å². The van der Waals surface area contributed by atoms with E-state index in [1.807, 2.05) is 0 Å². The highest BCUT2D eigenvalue weighted by molar-refractivity contribution is 6.00. The lowest BCUT2D eigenvalue weighted by molar-refractivity contribution is -0.140. The van der Waals surface area contributed by atoms with Crippen LogP contribution in [0.15, 0.2) is 54.4 Å². The molecule has 0 atom stereocenters. The molecule has 0 bridgehead atoms. The average molecular weight is 459 g/mol. The third kappa shape index (κ3) is 6.19. The number of nitrogens with zero attached hydrogens (tertiary/aromatic N) is 3. The summed E-state index contributed by atoms with van der Waals surface area (Å²) in [6, 6.07) is 10.2. The lowest BCUT2D eigenvalue weighted by Crippen LogP contribution is -2.13. The Morgan fingerprint density at radius 3 is 2.76 bits per heavy atom. The number of ether oxygens (including phenoxy) is 2. The van der Waals surface area contributed by atoms with Gasteiger partial charge in [0.1, 0.15) is 23.9 Å². The molecule has 0 unspecified atom stereocenters. The maximum atomic E-state index is 13.1. The Morgan fingerprint density at radius 2 is 2.03 bits per heavy atom. The molecule has 0 spiro atoms. The van der Waals surface area contributed by atoms with E-state index in [2.05, 4.69) is 4.98 Å². The molecule has 10 heteroatoms. The molecule has 0 saturated carbocycles. The van der Waals surface area contributed by atoms with Gasteiger partial charge in [-0.1, -0.05) is 12.1 Å². The molecule has 0 amide bonds. The lowest BCUT2D eigenvalue weighted by Gasteiger charge is -2.09. The minimum Gasteiger partial charge on any atom is -0.459 e. The number of hydrogen-bond acceptors (Lipinski definition) is 6. The first-order chi connectivity index (χ1) is 15.8. The topological polar surface area (TPSA) is 97.4 Å². The van der Waals surface area contributed by atoms with Crippen molar-refractivity contribution in [1.82, 2.24) is 9.55 Å². The largest absolute Gasteiger partial charge is 0.459 e. The van der Waals surface area contributed by atoms with Crippen LogP contribution in [0.25, 0.3) is 17.1 Å². The highest BCUT2D eigenvalue weighted by Gasteiger charge is 2.30. The van der Waals surface area contributed by atoms with Crippen LogP contribution in [0, 0.1) is 11.3 Å². The molecule has 0 saturated heterocycles. The second kappa shape index (κ2) is 10.8. The number of nitriles is 1. The molecular formula is C23H20F3N3O4. The van der Waals surface area contributed by atoms with Gasteiger partial charge in [-0.15, -0.1) is 0 Å². The molecule has 0 aliphatic heterocycles. The Bertz CT molecular complexity index is 1200. The van der Waals surface area contributed by atoms with Gasteiger partial charge in [0.05, 0.1) is 25.4 Å². The first kappa shape index (κ1) is 24.0. The van der Waals surface area contributed by atoms with Gasteiger partial charge in [-0.3, -0.25) is 0 Å². The predicted molar refractivity (Wildman–Crippen MR) is 113 cm³/mol. The number of fused-ring (bicyclic) bond motifs is 1. The Labute approximate surface area is 187 Å². The molecule has 7 nitrogen and oxygen atoms in total. The number of rotatable bonds is 9. The predicted octanol–water partition coefficient (Wildman–Crippen LogP) is 3.56. The van der Waals surface area contributed by atoms with E-state index in [0.29, 0.717) is 22.2 Å². The van der Waals surface area contributed by atoms with Crippen molar-refractivity contribution in [2.24, 2.45) is 0 Å². The van der Waals surface area contributed by atoms with E-state index >= 15 is 0 Å². The molecule has 1 N–H and O–H groups in total. The Kier molecular flexibility index (Phi) is 7.82. The van der Waals surface area contributed by atoms with E-state index in [9.17, 15) is 23.2 Å². The van der Waals surface area contributed by atoms with Crippen molar-refractivity contribution in [3.05, 3.63) is 71.1 Å². The molecular weight excluding hydrogens is 439 g/mol. The Hall–Kier alpha value is -3.68. The van der Waals surface area contributed by atoms with E-state index < -0.39 is 17.7 Å². The van der Waals surface area contributed by atoms with E-state index in [4.69, 9.17) is 14.6 Å². The van der Waals surface area contributed by atoms with E-state index in [-0.39, 0.29) is 38.5 Å². The summed E-state index contributed by atoms with van der Waals surface area (Å²) in [5.74, 6) is -0.840. The molecule has 2 aromatic heterocycles. The number of aromatic nitrogens is 2. The zero-order valence-corrected chi connectivity index (χ0v) is 17.4. The third-order valence-corrected chi connectivity index (χ3v) is 4.61. The van der Waals surface area contributed by atoms with E-state index in [1.54, 1.807) is 41.2 Å². The summed E-state index contributed by atoms with van der Waals surface area (Å²) in [4.78, 5) is 16.5. The minimum absolute atomic E-state index is 0.0746. The molecule has 0 aliphatic carbocycles. The number of carbonyl (C=O) groups excluding carboxylic acids is 1. The number of carbonyl (C=O) groups is 1. The first-order valence-corrected chi connectivity index (χ1v) is 9.91. The lowest BCUT2D eigenvalue weighted by atomic mass is 10.1. The number of hydrogen-bond donors (Lipinski definition) is 1. The second-order valence-electron chi connectivity index (χ2n) is 6.93. The second-order valence-corrected chi connectivity index (χ2v) is 6.93. The smallest absolute Gasteiger partial charge is 0.416 e. The van der Waals surface area contributed by atoms with Gasteiger partial charge < -0.3 is 19.1 Å². The van der Waals surface area contributed by atoms with Gasteiger partial charge in [-0.2, -0.15) is 18.4 Å². The van der Waals surface area contributed by atoms with Crippen LogP contribution in [-0.4, -0.2) is 47.1 Å². The van der Waals surface area contributed by atoms with Crippen LogP contribution in [0.2, 0.25) is 0 Å². The average Bonchev–Trinajstić information content (AvgIpc) is 3.14. The van der Waals surface area contributed by atoms with Crippen molar-refractivity contribution < 1.29 is 32.5 Å². The summed E-state index contributed by atoms with van der Waals surface area (Å²) < 4.78 is 50.8. The molecule has 0 aliphatic rings. The summed E-state index contributed by atoms with van der Waals surface area (Å²) in [5, 5.41) is 18.7. The molecule has 1 aromatic carbocycles. The van der Waals surface area contributed by atoms with E-state index in [1.165, 1.54) is 12.1 Å². The van der Waals surface area contributed by atoms with Gasteiger partial charge in [0, 0.05) is 29.9 Å². The van der Waals surface area contributed by atoms with Crippen LogP contribution in [0.1, 0.15) is 16.7 Å². The summed E-state index contributed by atoms with van der Waals surface area (Å²) in [6.45, 7) is 0.0501. The standard InChI is InChI=1S/C23H20F3N3O4/c24-23(25,26)19-4-1-3-16(11-19)14-29-15-18(20-5-2-6-28-21(20)29)12-17(13-27)22(31)33-10-9-32-8-7-30/h1-6,11-12,15,30H,7-10,14H2/b17-12+. The highest BCUT2D eigenvalue weighted by Crippen LogP contribution is 2.30. The number of benzene rings is 1. The van der Waals surface area contributed by atoms with Crippen molar-refractivity contribution in [2.45, 2.75) is 12.7 Å². The van der Waals surface area contributed by atoms with Crippen molar-refractivity contribution in [3.8, 4) is 6.07 Å². The SMILES string of the molecule is N#C/C(=C\c1cn(Cc2cccc(C(F)(F)F)c2)c2ncccc12)C(=O)OCCOCCO. The van der Waals surface area contributed by atoms with Crippen LogP contribution in [0.5, 0.6) is 0 Å². The third-order valence-electron chi connectivity index (χ3n) is 4.61. The number of aliphatic hydroxyl groups excluding tert-OH is 1. The molecule has 172 valence electrons. The van der Waals surface area contributed by atoms with Crippen molar-refractivity contribution >= 4 is 23.1 Å². The van der Waals surface area contributed by atoms with Crippen molar-refractivity contribution in [1.29, 1.82) is 5.26 Å². The fraction of sp³-hybridized carbons (Fsp3) is 0.261. The van der Waals surface area contributed by atoms with Crippen molar-refractivity contribution in [2.75, 3.05) is 26.4 Å². The molecule has 3 rings (SSSR count). The fourth-order valence-electron chi connectivity index (χ4n) is 3.16. The van der Waals surface area contributed by atoms with Crippen LogP contribution >= 0.6 is 0 Å². The molecule has 0 fully saturated rings. The number of aliphatic hydroxyl groups is 1. The summed E-state index contributed by atoms with van der Waals surface area (Å²) in [7, 11) is 0. The quantitative estimate of drug-likeness (QED) is 0.227. The van der Waals surface area contributed by atoms with Gasteiger partial charge in [0.15, 0.2) is 0 Å². The normalized spacial score (nSPS) is 12.0. The molecule has 2 heterocycles. The summed E-state index contributed by atoms with van der Waals surface area (Å²) in [5.41, 5.74) is 0.409. The van der Waals surface area contributed by atoms with Crippen LogP contribution in [0.3, 0.4) is 0 Å². The minimum atomic E-state index is -4.45. The molecule has 33 heavy (non-hydrogen) atoms. The maximum Gasteiger partial charge on any atom is 0.416 e. The van der Waals surface area contributed by atoms with E-state index in [0.717, 1.165) is 12.1 Å². The number of alkyl halides is 3. The zero-order chi connectivity index (χ0) is 23.8. The first-order valence-electron chi connectivity index (χ1n) is 9.91. The van der Waals surface area contributed by atoms with Crippen LogP contribution < -0.4 is 0 Å². The van der Waals surface area contributed by atoms with Crippen LogP contribution in [0.4, 0.5) is 13.2 Å². The fourth-order valence-corrected chi connectivity index (χ4v) is 3.16. The number of halogens is 3.